The summed E-state index contributed by atoms with van der Waals surface area (Å²) in [6.07, 6.45) is 5.08. The van der Waals surface area contributed by atoms with Crippen LogP contribution >= 0.6 is 0 Å². The van der Waals surface area contributed by atoms with E-state index in [1.165, 1.54) is 11.5 Å². The molecule has 3 fully saturated rings. The van der Waals surface area contributed by atoms with Crippen molar-refractivity contribution < 1.29 is 18.3 Å². The Morgan fingerprint density at radius 3 is 2.76 bits per heavy atom. The third-order valence-electron chi connectivity index (χ3n) is 7.35. The van der Waals surface area contributed by atoms with Gasteiger partial charge < -0.3 is 15.4 Å². The van der Waals surface area contributed by atoms with Crippen molar-refractivity contribution in [3.05, 3.63) is 81.8 Å². The number of pyridine rings is 2. The molecular weight excluding hydrogens is 480 g/mol. The van der Waals surface area contributed by atoms with Gasteiger partial charge in [-0.05, 0) is 54.5 Å². The van der Waals surface area contributed by atoms with E-state index in [0.717, 1.165) is 18.2 Å². The van der Waals surface area contributed by atoms with Gasteiger partial charge >= 0.3 is 0 Å². The average molecular weight is 506 g/mol. The number of rotatable bonds is 8. The first-order valence-electron chi connectivity index (χ1n) is 12.1. The van der Waals surface area contributed by atoms with Gasteiger partial charge in [0.25, 0.3) is 11.5 Å². The standard InChI is InChI=1S/C27H25F2N5O3/c1-37-24-18(11-32-25(36)19-8-21(35)34-5-3-2-4-20(34)33-19)7-17-6-16(10-31-23(17)22(24)28)9-30-15-26-12-27(29,13-26)14-26/h2-8,10,30H,9,11-15H2,1H3,(H,32,36). The number of methoxy groups -OCH3 is 1. The number of amides is 1. The minimum Gasteiger partial charge on any atom is -0.493 e. The number of halogens is 2. The molecule has 4 aromatic rings. The van der Waals surface area contributed by atoms with E-state index in [1.54, 1.807) is 36.7 Å². The average Bonchev–Trinajstić information content (AvgIpc) is 2.85. The Bertz CT molecular complexity index is 1600. The zero-order valence-corrected chi connectivity index (χ0v) is 20.2. The molecule has 0 aliphatic heterocycles. The van der Waals surface area contributed by atoms with Crippen LogP contribution in [0.4, 0.5) is 8.78 Å². The number of carbonyl (C=O) groups excluding carboxylic acids is 1. The summed E-state index contributed by atoms with van der Waals surface area (Å²) in [5.74, 6) is -1.19. The van der Waals surface area contributed by atoms with Crippen LogP contribution in [-0.4, -0.2) is 39.6 Å². The maximum atomic E-state index is 15.2. The molecule has 3 aromatic heterocycles. The molecule has 7 rings (SSSR count). The number of fused-ring (bicyclic) bond motifs is 2. The fourth-order valence-electron chi connectivity index (χ4n) is 5.73. The highest BCUT2D eigenvalue weighted by atomic mass is 19.1. The van der Waals surface area contributed by atoms with Crippen LogP contribution < -0.4 is 20.9 Å². The van der Waals surface area contributed by atoms with E-state index in [2.05, 4.69) is 20.6 Å². The van der Waals surface area contributed by atoms with E-state index in [0.29, 0.717) is 42.4 Å². The number of ether oxygens (including phenoxy) is 1. The first kappa shape index (κ1) is 23.5. The summed E-state index contributed by atoms with van der Waals surface area (Å²) >= 11 is 0. The van der Waals surface area contributed by atoms with Crippen molar-refractivity contribution in [3.8, 4) is 5.75 Å². The van der Waals surface area contributed by atoms with Gasteiger partial charge in [-0.2, -0.15) is 0 Å². The summed E-state index contributed by atoms with van der Waals surface area (Å²) in [6, 6.07) is 9.77. The summed E-state index contributed by atoms with van der Waals surface area (Å²) in [5.41, 5.74) is 0.564. The molecule has 10 heteroatoms. The molecule has 1 aromatic carbocycles. The Kier molecular flexibility index (Phi) is 5.45. The van der Waals surface area contributed by atoms with Crippen LogP contribution in [0.5, 0.6) is 5.75 Å². The van der Waals surface area contributed by atoms with Gasteiger partial charge in [-0.3, -0.25) is 19.0 Å². The van der Waals surface area contributed by atoms with Crippen molar-refractivity contribution in [1.29, 1.82) is 0 Å². The zero-order chi connectivity index (χ0) is 25.8. The van der Waals surface area contributed by atoms with E-state index in [4.69, 9.17) is 4.74 Å². The van der Waals surface area contributed by atoms with Crippen molar-refractivity contribution >= 4 is 22.5 Å². The molecule has 0 spiro atoms. The summed E-state index contributed by atoms with van der Waals surface area (Å²) in [5, 5.41) is 6.64. The van der Waals surface area contributed by atoms with Gasteiger partial charge in [-0.15, -0.1) is 0 Å². The lowest BCUT2D eigenvalue weighted by Crippen LogP contribution is -2.67. The lowest BCUT2D eigenvalue weighted by atomic mass is 9.42. The van der Waals surface area contributed by atoms with E-state index < -0.39 is 17.4 Å². The quantitative estimate of drug-likeness (QED) is 0.382. The molecule has 3 heterocycles. The van der Waals surface area contributed by atoms with Gasteiger partial charge in [-0.25, -0.2) is 13.8 Å². The number of nitrogens with zero attached hydrogens (tertiary/aromatic N) is 3. The number of aromatic nitrogens is 3. The minimum absolute atomic E-state index is 0.0125. The van der Waals surface area contributed by atoms with Gasteiger partial charge in [0.1, 0.15) is 22.5 Å². The zero-order valence-electron chi connectivity index (χ0n) is 20.2. The second-order valence-corrected chi connectivity index (χ2v) is 10.2. The molecule has 1 amide bonds. The third kappa shape index (κ3) is 4.11. The number of hydrogen-bond acceptors (Lipinski definition) is 6. The second-order valence-electron chi connectivity index (χ2n) is 10.2. The smallest absolute Gasteiger partial charge is 0.270 e. The second kappa shape index (κ2) is 8.58. The molecule has 8 nitrogen and oxygen atoms in total. The van der Waals surface area contributed by atoms with Gasteiger partial charge in [0.15, 0.2) is 11.6 Å². The normalized spacial score (nSPS) is 21.9. The number of alkyl halides is 1. The Balaban J connectivity index is 1.19. The van der Waals surface area contributed by atoms with Crippen LogP contribution in [0.25, 0.3) is 16.6 Å². The predicted molar refractivity (Wildman–Crippen MR) is 133 cm³/mol. The van der Waals surface area contributed by atoms with Crippen molar-refractivity contribution in [2.75, 3.05) is 13.7 Å². The van der Waals surface area contributed by atoms with Gasteiger partial charge in [-0.1, -0.05) is 6.07 Å². The highest BCUT2D eigenvalue weighted by molar-refractivity contribution is 5.92. The topological polar surface area (TPSA) is 97.6 Å². The molecule has 190 valence electrons. The number of benzene rings is 1. The van der Waals surface area contributed by atoms with Crippen LogP contribution in [0.3, 0.4) is 0 Å². The molecule has 37 heavy (non-hydrogen) atoms. The molecule has 0 saturated heterocycles. The fourth-order valence-corrected chi connectivity index (χ4v) is 5.73. The minimum atomic E-state index is -0.921. The van der Waals surface area contributed by atoms with E-state index >= 15 is 4.39 Å². The van der Waals surface area contributed by atoms with E-state index in [-0.39, 0.29) is 34.5 Å². The Labute approximate surface area is 210 Å². The van der Waals surface area contributed by atoms with Crippen LogP contribution in [-0.2, 0) is 13.1 Å². The Morgan fingerprint density at radius 1 is 1.19 bits per heavy atom. The van der Waals surface area contributed by atoms with Crippen molar-refractivity contribution in [2.24, 2.45) is 5.41 Å². The predicted octanol–water partition coefficient (Wildman–Crippen LogP) is 3.30. The van der Waals surface area contributed by atoms with E-state index in [9.17, 15) is 14.0 Å². The van der Waals surface area contributed by atoms with Crippen LogP contribution in [0.1, 0.15) is 40.9 Å². The van der Waals surface area contributed by atoms with E-state index in [1.807, 2.05) is 6.07 Å². The SMILES string of the molecule is COc1c(CNC(=O)c2cc(=O)n3ccccc3n2)cc2cc(CNCC34CC(F)(C3)C4)cnc2c1F. The maximum Gasteiger partial charge on any atom is 0.270 e. The first-order chi connectivity index (χ1) is 17.8. The van der Waals surface area contributed by atoms with Crippen molar-refractivity contribution in [1.82, 2.24) is 25.0 Å². The lowest BCUT2D eigenvalue weighted by molar-refractivity contribution is -0.209. The lowest BCUT2D eigenvalue weighted by Gasteiger charge is -2.66. The molecule has 0 radical (unpaired) electrons. The third-order valence-corrected chi connectivity index (χ3v) is 7.35. The molecule has 3 saturated carbocycles. The molecule has 2 N–H and O–H groups in total. The highest BCUT2D eigenvalue weighted by Crippen LogP contribution is 2.69. The number of carbonyl (C=O) groups is 1. The fraction of sp³-hybridized carbons (Fsp3) is 0.333. The van der Waals surface area contributed by atoms with Crippen LogP contribution in [0.15, 0.2) is 53.6 Å². The van der Waals surface area contributed by atoms with Gasteiger partial charge in [0.2, 0.25) is 0 Å². The Morgan fingerprint density at radius 2 is 2.00 bits per heavy atom. The first-order valence-corrected chi connectivity index (χ1v) is 12.1. The molecule has 0 unspecified atom stereocenters. The highest BCUT2D eigenvalue weighted by Gasteiger charge is 2.68. The number of hydrogen-bond donors (Lipinski definition) is 2. The monoisotopic (exact) mass is 505 g/mol. The molecule has 3 aliphatic carbocycles. The number of nitrogens with one attached hydrogen (secondary N) is 2. The molecule has 3 aliphatic rings. The summed E-state index contributed by atoms with van der Waals surface area (Å²) < 4.78 is 35.6. The molecule has 0 atom stereocenters. The maximum absolute atomic E-state index is 15.2. The van der Waals surface area contributed by atoms with Crippen molar-refractivity contribution in [2.45, 2.75) is 38.0 Å². The molecule has 2 bridgehead atoms. The van der Waals surface area contributed by atoms with Crippen LogP contribution in [0.2, 0.25) is 0 Å². The Hall–Kier alpha value is -3.92. The van der Waals surface area contributed by atoms with Gasteiger partial charge in [0.05, 0.1) is 7.11 Å². The summed E-state index contributed by atoms with van der Waals surface area (Å²) in [4.78, 5) is 33.6. The summed E-state index contributed by atoms with van der Waals surface area (Å²) in [6.45, 7) is 1.24. The van der Waals surface area contributed by atoms with Crippen molar-refractivity contribution in [3.63, 3.8) is 0 Å². The van der Waals surface area contributed by atoms with Crippen LogP contribution in [0, 0.1) is 11.2 Å². The summed E-state index contributed by atoms with van der Waals surface area (Å²) in [7, 11) is 1.35. The largest absolute Gasteiger partial charge is 0.493 e. The van der Waals surface area contributed by atoms with Gasteiger partial charge in [0, 0.05) is 49.0 Å². The molecular formula is C27H25F2N5O3.